The molecule has 0 radical (unpaired) electrons. The van der Waals surface area contributed by atoms with Gasteiger partial charge in [0.1, 0.15) is 0 Å². The lowest BCUT2D eigenvalue weighted by Crippen LogP contribution is -2.38. The first-order valence-electron chi connectivity index (χ1n) is 8.36. The molecule has 3 nitrogen and oxygen atoms in total. The minimum Gasteiger partial charge on any atom is -0.491 e. The molecule has 1 saturated heterocycles. The summed E-state index contributed by atoms with van der Waals surface area (Å²) in [6.07, 6.45) is 2.86. The number of aryl methyl sites for hydroxylation is 1. The van der Waals surface area contributed by atoms with Crippen LogP contribution in [0.3, 0.4) is 0 Å². The standard InChI is InChI=1S/C19H22FNO2S/c1-14-9-13-24-18(14)19(22)21-10-6-15(7-11-21)8-12-23-17-5-3-2-4-16(17)20/h2-5,9,13,15H,6-8,10-12H2,1H3. The van der Waals surface area contributed by atoms with E-state index in [1.165, 1.54) is 17.4 Å². The highest BCUT2D eigenvalue weighted by molar-refractivity contribution is 7.12. The number of amides is 1. The number of benzene rings is 1. The third-order valence-corrected chi connectivity index (χ3v) is 5.58. The molecule has 0 N–H and O–H groups in total. The first kappa shape index (κ1) is 17.0. The predicted octanol–water partition coefficient (Wildman–Crippen LogP) is 4.52. The summed E-state index contributed by atoms with van der Waals surface area (Å²) >= 11 is 1.52. The van der Waals surface area contributed by atoms with Crippen molar-refractivity contribution in [1.82, 2.24) is 4.90 Å². The smallest absolute Gasteiger partial charge is 0.264 e. The van der Waals surface area contributed by atoms with Gasteiger partial charge in [-0.3, -0.25) is 4.79 Å². The molecular weight excluding hydrogens is 325 g/mol. The fourth-order valence-corrected chi connectivity index (χ4v) is 3.95. The van der Waals surface area contributed by atoms with Crippen LogP contribution in [0, 0.1) is 18.7 Å². The van der Waals surface area contributed by atoms with E-state index in [2.05, 4.69) is 0 Å². The second-order valence-electron chi connectivity index (χ2n) is 6.24. The normalized spacial score (nSPS) is 15.5. The number of nitrogens with zero attached hydrogens (tertiary/aromatic N) is 1. The Morgan fingerprint density at radius 2 is 2.04 bits per heavy atom. The Labute approximate surface area is 146 Å². The largest absolute Gasteiger partial charge is 0.491 e. The minimum atomic E-state index is -0.316. The summed E-state index contributed by atoms with van der Waals surface area (Å²) in [4.78, 5) is 15.3. The highest BCUT2D eigenvalue weighted by Crippen LogP contribution is 2.25. The molecule has 0 atom stereocenters. The van der Waals surface area contributed by atoms with Crippen molar-refractivity contribution in [3.05, 3.63) is 52.0 Å². The Morgan fingerprint density at radius 1 is 1.29 bits per heavy atom. The summed E-state index contributed by atoms with van der Waals surface area (Å²) in [7, 11) is 0. The van der Waals surface area contributed by atoms with Gasteiger partial charge in [0.15, 0.2) is 11.6 Å². The molecule has 1 aliphatic heterocycles. The van der Waals surface area contributed by atoms with Crippen molar-refractivity contribution in [2.75, 3.05) is 19.7 Å². The fraction of sp³-hybridized carbons (Fsp3) is 0.421. The van der Waals surface area contributed by atoms with E-state index >= 15 is 0 Å². The van der Waals surface area contributed by atoms with Crippen LogP contribution < -0.4 is 4.74 Å². The summed E-state index contributed by atoms with van der Waals surface area (Å²) in [5.74, 6) is 0.691. The first-order valence-corrected chi connectivity index (χ1v) is 9.24. The molecule has 2 aromatic rings. The molecule has 3 rings (SSSR count). The number of rotatable bonds is 5. The van der Waals surface area contributed by atoms with Crippen LogP contribution in [-0.2, 0) is 0 Å². The van der Waals surface area contributed by atoms with Crippen molar-refractivity contribution < 1.29 is 13.9 Å². The number of hydrogen-bond donors (Lipinski definition) is 0. The van der Waals surface area contributed by atoms with E-state index in [0.29, 0.717) is 18.3 Å². The average molecular weight is 347 g/mol. The monoisotopic (exact) mass is 347 g/mol. The van der Waals surface area contributed by atoms with Crippen LogP contribution in [0.2, 0.25) is 0 Å². The van der Waals surface area contributed by atoms with E-state index < -0.39 is 0 Å². The average Bonchev–Trinajstić information content (AvgIpc) is 3.03. The summed E-state index contributed by atoms with van der Waals surface area (Å²) in [5, 5.41) is 1.97. The van der Waals surface area contributed by atoms with Gasteiger partial charge in [-0.15, -0.1) is 11.3 Å². The molecule has 0 saturated carbocycles. The van der Waals surface area contributed by atoms with Crippen LogP contribution in [0.1, 0.15) is 34.5 Å². The second kappa shape index (κ2) is 7.79. The number of carbonyl (C=O) groups is 1. The van der Waals surface area contributed by atoms with E-state index in [1.54, 1.807) is 18.2 Å². The molecule has 1 aromatic heterocycles. The van der Waals surface area contributed by atoms with Gasteiger partial charge in [-0.1, -0.05) is 12.1 Å². The molecule has 1 aromatic carbocycles. The summed E-state index contributed by atoms with van der Waals surface area (Å²) < 4.78 is 19.0. The van der Waals surface area contributed by atoms with Crippen LogP contribution in [-0.4, -0.2) is 30.5 Å². The maximum absolute atomic E-state index is 13.5. The minimum absolute atomic E-state index is 0.156. The van der Waals surface area contributed by atoms with Crippen LogP contribution in [0.4, 0.5) is 4.39 Å². The van der Waals surface area contributed by atoms with E-state index in [0.717, 1.165) is 42.8 Å². The van der Waals surface area contributed by atoms with Gasteiger partial charge in [-0.05, 0) is 61.2 Å². The van der Waals surface area contributed by atoms with Gasteiger partial charge in [0, 0.05) is 13.1 Å². The first-order chi connectivity index (χ1) is 11.6. The van der Waals surface area contributed by atoms with Crippen molar-refractivity contribution >= 4 is 17.2 Å². The quantitative estimate of drug-likeness (QED) is 0.796. The number of likely N-dealkylation sites (tertiary alicyclic amines) is 1. The number of hydrogen-bond acceptors (Lipinski definition) is 3. The van der Waals surface area contributed by atoms with Crippen molar-refractivity contribution in [3.8, 4) is 5.75 Å². The maximum Gasteiger partial charge on any atom is 0.264 e. The lowest BCUT2D eigenvalue weighted by Gasteiger charge is -2.32. The zero-order chi connectivity index (χ0) is 16.9. The maximum atomic E-state index is 13.5. The Bertz CT molecular complexity index is 692. The third kappa shape index (κ3) is 3.96. The highest BCUT2D eigenvalue weighted by Gasteiger charge is 2.25. The summed E-state index contributed by atoms with van der Waals surface area (Å²) in [5.41, 5.74) is 1.06. The molecule has 1 amide bonds. The van der Waals surface area contributed by atoms with Gasteiger partial charge in [0.2, 0.25) is 0 Å². The second-order valence-corrected chi connectivity index (χ2v) is 7.15. The Kier molecular flexibility index (Phi) is 5.51. The van der Waals surface area contributed by atoms with E-state index in [1.807, 2.05) is 23.3 Å². The van der Waals surface area contributed by atoms with Crippen LogP contribution in [0.5, 0.6) is 5.75 Å². The number of para-hydroxylation sites is 1. The van der Waals surface area contributed by atoms with Crippen molar-refractivity contribution in [3.63, 3.8) is 0 Å². The summed E-state index contributed by atoms with van der Waals surface area (Å²) in [6, 6.07) is 8.48. The van der Waals surface area contributed by atoms with Gasteiger partial charge in [-0.25, -0.2) is 4.39 Å². The SMILES string of the molecule is Cc1ccsc1C(=O)N1CCC(CCOc2ccccc2F)CC1. The highest BCUT2D eigenvalue weighted by atomic mass is 32.1. The lowest BCUT2D eigenvalue weighted by molar-refractivity contribution is 0.0684. The Morgan fingerprint density at radius 3 is 2.71 bits per heavy atom. The predicted molar refractivity (Wildman–Crippen MR) is 94.2 cm³/mol. The number of halogens is 1. The van der Waals surface area contributed by atoms with Gasteiger partial charge >= 0.3 is 0 Å². The molecule has 24 heavy (non-hydrogen) atoms. The summed E-state index contributed by atoms with van der Waals surface area (Å²) in [6.45, 7) is 4.08. The molecule has 0 unspecified atom stereocenters. The fourth-order valence-electron chi connectivity index (χ4n) is 3.06. The molecule has 5 heteroatoms. The number of piperidine rings is 1. The molecule has 1 aliphatic rings. The Balaban J connectivity index is 1.43. The van der Waals surface area contributed by atoms with Crippen LogP contribution in [0.25, 0.3) is 0 Å². The van der Waals surface area contributed by atoms with Gasteiger partial charge in [0.05, 0.1) is 11.5 Å². The van der Waals surface area contributed by atoms with Gasteiger partial charge in [0.25, 0.3) is 5.91 Å². The lowest BCUT2D eigenvalue weighted by atomic mass is 9.94. The third-order valence-electron chi connectivity index (χ3n) is 4.58. The van der Waals surface area contributed by atoms with E-state index in [4.69, 9.17) is 4.74 Å². The number of thiophene rings is 1. The molecule has 0 spiro atoms. The van der Waals surface area contributed by atoms with Crippen LogP contribution >= 0.6 is 11.3 Å². The van der Waals surface area contributed by atoms with Gasteiger partial charge < -0.3 is 9.64 Å². The van der Waals surface area contributed by atoms with Crippen molar-refractivity contribution in [1.29, 1.82) is 0 Å². The zero-order valence-corrected chi connectivity index (χ0v) is 14.7. The zero-order valence-electron chi connectivity index (χ0n) is 13.8. The molecular formula is C19H22FNO2S. The topological polar surface area (TPSA) is 29.5 Å². The van der Waals surface area contributed by atoms with Crippen molar-refractivity contribution in [2.24, 2.45) is 5.92 Å². The molecule has 2 heterocycles. The number of carbonyl (C=O) groups excluding carboxylic acids is 1. The molecule has 0 aliphatic carbocycles. The Hall–Kier alpha value is -1.88. The molecule has 0 bridgehead atoms. The van der Waals surface area contributed by atoms with Crippen molar-refractivity contribution in [2.45, 2.75) is 26.2 Å². The molecule has 1 fully saturated rings. The van der Waals surface area contributed by atoms with Gasteiger partial charge in [-0.2, -0.15) is 0 Å². The van der Waals surface area contributed by atoms with Crippen LogP contribution in [0.15, 0.2) is 35.7 Å². The molecule has 128 valence electrons. The van der Waals surface area contributed by atoms with E-state index in [-0.39, 0.29) is 11.7 Å². The number of ether oxygens (including phenoxy) is 1. The van der Waals surface area contributed by atoms with E-state index in [9.17, 15) is 9.18 Å².